The van der Waals surface area contributed by atoms with Crippen molar-refractivity contribution in [1.82, 2.24) is 0 Å². The van der Waals surface area contributed by atoms with Crippen molar-refractivity contribution in [3.05, 3.63) is 21.9 Å². The maximum atomic E-state index is 10.4. The van der Waals surface area contributed by atoms with E-state index in [-0.39, 0.29) is 0 Å². The molecule has 0 amide bonds. The van der Waals surface area contributed by atoms with Crippen molar-refractivity contribution in [3.8, 4) is 0 Å². The molecule has 2 N–H and O–H groups in total. The van der Waals surface area contributed by atoms with E-state index in [2.05, 4.69) is 0 Å². The van der Waals surface area contributed by atoms with Crippen molar-refractivity contribution in [1.29, 1.82) is 0 Å². The van der Waals surface area contributed by atoms with Gasteiger partial charge in [0.15, 0.2) is 0 Å². The zero-order chi connectivity index (χ0) is 10.2. The van der Waals surface area contributed by atoms with E-state index in [1.807, 2.05) is 17.7 Å². The molecule has 3 heteroatoms. The molecule has 0 spiro atoms. The van der Waals surface area contributed by atoms with Crippen LogP contribution < -0.4 is 0 Å². The summed E-state index contributed by atoms with van der Waals surface area (Å²) in [7, 11) is 0. The Morgan fingerprint density at radius 3 is 2.79 bits per heavy atom. The fraction of sp³-hybridized carbons (Fsp3) is 0.636. The molecule has 0 saturated heterocycles. The highest BCUT2D eigenvalue weighted by atomic mass is 32.1. The first-order chi connectivity index (χ1) is 6.64. The molecule has 78 valence electrons. The number of aryl methyl sites for hydroxylation is 1. The standard InChI is InChI=1S/C11H16O2S/c1-8-6-14-7-9(8)11(13)5-3-2-4-10(11)12/h6-7,10,12-13H,2-5H2,1H3/t10-,11-/m1/s1. The first-order valence-electron chi connectivity index (χ1n) is 5.08. The van der Waals surface area contributed by atoms with Gasteiger partial charge in [0.25, 0.3) is 0 Å². The number of hydrogen-bond donors (Lipinski definition) is 2. The van der Waals surface area contributed by atoms with E-state index in [1.165, 1.54) is 0 Å². The second-order valence-electron chi connectivity index (χ2n) is 4.15. The molecular weight excluding hydrogens is 196 g/mol. The zero-order valence-corrected chi connectivity index (χ0v) is 9.18. The first kappa shape index (κ1) is 10.1. The molecule has 0 unspecified atom stereocenters. The number of hydrogen-bond acceptors (Lipinski definition) is 3. The minimum absolute atomic E-state index is 0.593. The van der Waals surface area contributed by atoms with Crippen molar-refractivity contribution >= 4 is 11.3 Å². The van der Waals surface area contributed by atoms with Gasteiger partial charge in [-0.25, -0.2) is 0 Å². The van der Waals surface area contributed by atoms with Crippen LogP contribution in [0.4, 0.5) is 0 Å². The maximum absolute atomic E-state index is 10.4. The third-order valence-corrected chi connectivity index (χ3v) is 4.02. The van der Waals surface area contributed by atoms with Crippen molar-refractivity contribution in [3.63, 3.8) is 0 Å². The highest BCUT2D eigenvalue weighted by molar-refractivity contribution is 7.08. The summed E-state index contributed by atoms with van der Waals surface area (Å²) in [6.45, 7) is 1.99. The molecule has 2 nitrogen and oxygen atoms in total. The van der Waals surface area contributed by atoms with E-state index < -0.39 is 11.7 Å². The Balaban J connectivity index is 2.34. The van der Waals surface area contributed by atoms with Crippen molar-refractivity contribution in [2.24, 2.45) is 0 Å². The van der Waals surface area contributed by atoms with E-state index in [0.717, 1.165) is 24.0 Å². The fourth-order valence-corrected chi connectivity index (χ4v) is 3.18. The molecule has 0 radical (unpaired) electrons. The van der Waals surface area contributed by atoms with Gasteiger partial charge in [-0.2, -0.15) is 11.3 Å². The predicted octanol–water partition coefficient (Wildman–Crippen LogP) is 2.18. The molecule has 1 aliphatic carbocycles. The second kappa shape index (κ2) is 3.65. The molecule has 0 aromatic carbocycles. The third kappa shape index (κ3) is 1.49. The Labute approximate surface area is 88.2 Å². The van der Waals surface area contributed by atoms with Crippen LogP contribution in [0.3, 0.4) is 0 Å². The van der Waals surface area contributed by atoms with Crippen LogP contribution in [0.2, 0.25) is 0 Å². The van der Waals surface area contributed by atoms with Gasteiger partial charge < -0.3 is 10.2 Å². The molecular formula is C11H16O2S. The topological polar surface area (TPSA) is 40.5 Å². The first-order valence-corrected chi connectivity index (χ1v) is 6.02. The largest absolute Gasteiger partial charge is 0.390 e. The normalized spacial score (nSPS) is 33.2. The van der Waals surface area contributed by atoms with Gasteiger partial charge in [-0.1, -0.05) is 12.8 Å². The van der Waals surface area contributed by atoms with Crippen LogP contribution in [0.1, 0.15) is 36.8 Å². The lowest BCUT2D eigenvalue weighted by Crippen LogP contribution is -2.42. The number of rotatable bonds is 1. The molecule has 2 atom stereocenters. The van der Waals surface area contributed by atoms with Gasteiger partial charge >= 0.3 is 0 Å². The lowest BCUT2D eigenvalue weighted by atomic mass is 9.77. The predicted molar refractivity (Wildman–Crippen MR) is 57.4 cm³/mol. The highest BCUT2D eigenvalue weighted by Gasteiger charge is 2.40. The van der Waals surface area contributed by atoms with Gasteiger partial charge in [-0.15, -0.1) is 0 Å². The molecule has 0 bridgehead atoms. The minimum atomic E-state index is -0.984. The summed E-state index contributed by atoms with van der Waals surface area (Å²) in [6, 6.07) is 0. The monoisotopic (exact) mass is 212 g/mol. The Morgan fingerprint density at radius 1 is 1.43 bits per heavy atom. The Hall–Kier alpha value is -0.380. The van der Waals surface area contributed by atoms with E-state index in [0.29, 0.717) is 12.8 Å². The molecule has 1 fully saturated rings. The number of aliphatic hydroxyl groups is 2. The lowest BCUT2D eigenvalue weighted by Gasteiger charge is -2.37. The fourth-order valence-electron chi connectivity index (χ4n) is 2.26. The van der Waals surface area contributed by atoms with Crippen LogP contribution in [-0.2, 0) is 5.60 Å². The zero-order valence-electron chi connectivity index (χ0n) is 8.36. The van der Waals surface area contributed by atoms with Crippen molar-refractivity contribution in [2.75, 3.05) is 0 Å². The minimum Gasteiger partial charge on any atom is -0.390 e. The van der Waals surface area contributed by atoms with E-state index in [9.17, 15) is 10.2 Å². The summed E-state index contributed by atoms with van der Waals surface area (Å²) in [4.78, 5) is 0. The average Bonchev–Trinajstić information content (AvgIpc) is 2.57. The summed E-state index contributed by atoms with van der Waals surface area (Å²) in [5.41, 5.74) is 1.04. The van der Waals surface area contributed by atoms with Crippen LogP contribution in [0.25, 0.3) is 0 Å². The SMILES string of the molecule is Cc1cscc1[C@]1(O)CCCC[C@H]1O. The van der Waals surface area contributed by atoms with E-state index in [1.54, 1.807) is 11.3 Å². The highest BCUT2D eigenvalue weighted by Crippen LogP contribution is 2.39. The number of thiophene rings is 1. The molecule has 1 heterocycles. The second-order valence-corrected chi connectivity index (χ2v) is 4.90. The molecule has 14 heavy (non-hydrogen) atoms. The average molecular weight is 212 g/mol. The Bertz CT molecular complexity index is 321. The van der Waals surface area contributed by atoms with Gasteiger partial charge in [-0.3, -0.25) is 0 Å². The molecule has 2 rings (SSSR count). The Morgan fingerprint density at radius 2 is 2.21 bits per heavy atom. The third-order valence-electron chi connectivity index (χ3n) is 3.16. The van der Waals surface area contributed by atoms with E-state index in [4.69, 9.17) is 0 Å². The molecule has 1 saturated carbocycles. The molecule has 1 aromatic rings. The van der Waals surface area contributed by atoms with Crippen LogP contribution in [0.15, 0.2) is 10.8 Å². The van der Waals surface area contributed by atoms with Crippen LogP contribution >= 0.6 is 11.3 Å². The van der Waals surface area contributed by atoms with Crippen LogP contribution in [0, 0.1) is 6.92 Å². The van der Waals surface area contributed by atoms with E-state index >= 15 is 0 Å². The molecule has 1 aliphatic rings. The quantitative estimate of drug-likeness (QED) is 0.749. The van der Waals surface area contributed by atoms with Gasteiger partial charge in [0.2, 0.25) is 0 Å². The van der Waals surface area contributed by atoms with Gasteiger partial charge in [0.05, 0.1) is 6.10 Å². The van der Waals surface area contributed by atoms with Crippen molar-refractivity contribution in [2.45, 2.75) is 44.3 Å². The van der Waals surface area contributed by atoms with Gasteiger partial charge in [0, 0.05) is 0 Å². The van der Waals surface area contributed by atoms with Gasteiger partial charge in [-0.05, 0) is 41.7 Å². The van der Waals surface area contributed by atoms with Gasteiger partial charge in [0.1, 0.15) is 5.60 Å². The smallest absolute Gasteiger partial charge is 0.116 e. The number of aliphatic hydroxyl groups excluding tert-OH is 1. The summed E-state index contributed by atoms with van der Waals surface area (Å²) in [5, 5.41) is 24.3. The Kier molecular flexibility index (Phi) is 2.64. The molecule has 1 aromatic heterocycles. The maximum Gasteiger partial charge on any atom is 0.116 e. The summed E-state index contributed by atoms with van der Waals surface area (Å²) >= 11 is 1.59. The van der Waals surface area contributed by atoms with Crippen molar-refractivity contribution < 1.29 is 10.2 Å². The summed E-state index contributed by atoms with van der Waals surface area (Å²) < 4.78 is 0. The van der Waals surface area contributed by atoms with Crippen LogP contribution in [0.5, 0.6) is 0 Å². The summed E-state index contributed by atoms with van der Waals surface area (Å²) in [6.07, 6.45) is 2.83. The van der Waals surface area contributed by atoms with Crippen LogP contribution in [-0.4, -0.2) is 16.3 Å². The summed E-state index contributed by atoms with van der Waals surface area (Å²) in [5.74, 6) is 0. The lowest BCUT2D eigenvalue weighted by molar-refractivity contribution is -0.106. The molecule has 0 aliphatic heterocycles.